The van der Waals surface area contributed by atoms with Crippen molar-refractivity contribution in [3.05, 3.63) is 70.1 Å². The molecule has 0 bridgehead atoms. The van der Waals surface area contributed by atoms with Gasteiger partial charge in [0.15, 0.2) is 0 Å². The Kier molecular flexibility index (Phi) is 8.39. The third-order valence-electron chi connectivity index (χ3n) is 5.02. The van der Waals surface area contributed by atoms with Crippen LogP contribution >= 0.6 is 11.3 Å². The zero-order valence-electron chi connectivity index (χ0n) is 19.5. The molecule has 1 amide bonds. The van der Waals surface area contributed by atoms with Crippen LogP contribution in [0.2, 0.25) is 0 Å². The zero-order chi connectivity index (χ0) is 24.8. The molecule has 34 heavy (non-hydrogen) atoms. The van der Waals surface area contributed by atoms with Crippen molar-refractivity contribution in [3.63, 3.8) is 0 Å². The van der Waals surface area contributed by atoms with Crippen molar-refractivity contribution in [1.29, 1.82) is 0 Å². The van der Waals surface area contributed by atoms with Gasteiger partial charge in [0.2, 0.25) is 0 Å². The summed E-state index contributed by atoms with van der Waals surface area (Å²) < 4.78 is 34.3. The van der Waals surface area contributed by atoms with Crippen LogP contribution in [-0.2, 0) is 11.2 Å². The Balaban J connectivity index is 1.93. The number of carbonyl (C=O) groups excluding carboxylic acids is 2. The van der Waals surface area contributed by atoms with E-state index in [1.807, 2.05) is 31.2 Å². The van der Waals surface area contributed by atoms with E-state index in [0.29, 0.717) is 16.5 Å². The first-order chi connectivity index (χ1) is 16.2. The Morgan fingerprint density at radius 1 is 1.03 bits per heavy atom. The second-order valence-electron chi connectivity index (χ2n) is 8.11. The molecule has 1 heterocycles. The predicted octanol–water partition coefficient (Wildman–Crippen LogP) is 6.95. The number of esters is 1. The first-order valence-corrected chi connectivity index (χ1v) is 11.8. The number of alkyl halides is 2. The minimum absolute atomic E-state index is 0.0473. The number of benzene rings is 2. The predicted molar refractivity (Wildman–Crippen MR) is 130 cm³/mol. The van der Waals surface area contributed by atoms with Gasteiger partial charge in [-0.3, -0.25) is 4.79 Å². The molecular weight excluding hydrogens is 460 g/mol. The number of anilines is 1. The standard InChI is InChI=1S/C26H27F2NO4S/c1-5-32-25(31)22-21(18-8-6-17(7-9-18)14-15(2)3)16(4)34-24(22)29-23(30)19-10-12-20(13-11-19)33-26(27)28/h6-13,15,26H,5,14H2,1-4H3,(H,29,30). The van der Waals surface area contributed by atoms with E-state index < -0.39 is 18.5 Å². The van der Waals surface area contributed by atoms with Gasteiger partial charge in [0.25, 0.3) is 5.91 Å². The molecule has 180 valence electrons. The second kappa shape index (κ2) is 11.2. The van der Waals surface area contributed by atoms with Gasteiger partial charge in [-0.05, 0) is 61.6 Å². The van der Waals surface area contributed by atoms with Crippen molar-refractivity contribution in [3.8, 4) is 16.9 Å². The number of hydrogen-bond donors (Lipinski definition) is 1. The summed E-state index contributed by atoms with van der Waals surface area (Å²) in [7, 11) is 0. The van der Waals surface area contributed by atoms with E-state index in [1.54, 1.807) is 6.92 Å². The average molecular weight is 488 g/mol. The lowest BCUT2D eigenvalue weighted by Gasteiger charge is -2.11. The molecule has 0 atom stereocenters. The summed E-state index contributed by atoms with van der Waals surface area (Å²) in [6.45, 7) is 5.17. The third kappa shape index (κ3) is 6.20. The molecule has 8 heteroatoms. The number of nitrogens with one attached hydrogen (secondary N) is 1. The van der Waals surface area contributed by atoms with Gasteiger partial charge >= 0.3 is 12.6 Å². The van der Waals surface area contributed by atoms with Gasteiger partial charge in [-0.15, -0.1) is 11.3 Å². The van der Waals surface area contributed by atoms with Gasteiger partial charge in [-0.2, -0.15) is 8.78 Å². The summed E-state index contributed by atoms with van der Waals surface area (Å²) in [4.78, 5) is 26.6. The molecule has 0 spiro atoms. The smallest absolute Gasteiger partial charge is 0.387 e. The largest absolute Gasteiger partial charge is 0.462 e. The van der Waals surface area contributed by atoms with Crippen molar-refractivity contribution < 1.29 is 27.8 Å². The molecular formula is C26H27F2NO4S. The molecule has 0 radical (unpaired) electrons. The molecule has 0 fully saturated rings. The maximum Gasteiger partial charge on any atom is 0.387 e. The number of halogens is 2. The molecule has 0 aliphatic heterocycles. The van der Waals surface area contributed by atoms with Crippen LogP contribution in [0.5, 0.6) is 5.75 Å². The summed E-state index contributed by atoms with van der Waals surface area (Å²) in [5.74, 6) is -0.520. The molecule has 2 aromatic carbocycles. The molecule has 1 aromatic heterocycles. The Bertz CT molecular complexity index is 1140. The fraction of sp³-hybridized carbons (Fsp3) is 0.308. The van der Waals surface area contributed by atoms with Crippen LogP contribution in [0.3, 0.4) is 0 Å². The molecule has 5 nitrogen and oxygen atoms in total. The minimum Gasteiger partial charge on any atom is -0.462 e. The van der Waals surface area contributed by atoms with Crippen LogP contribution < -0.4 is 10.1 Å². The van der Waals surface area contributed by atoms with Gasteiger partial charge in [-0.1, -0.05) is 38.1 Å². The summed E-state index contributed by atoms with van der Waals surface area (Å²) in [6, 6.07) is 13.4. The van der Waals surface area contributed by atoms with E-state index >= 15 is 0 Å². The number of thiophene rings is 1. The highest BCUT2D eigenvalue weighted by atomic mass is 32.1. The minimum atomic E-state index is -2.95. The lowest BCUT2D eigenvalue weighted by atomic mass is 9.97. The molecule has 0 saturated carbocycles. The Morgan fingerprint density at radius 2 is 1.68 bits per heavy atom. The van der Waals surface area contributed by atoms with E-state index in [-0.39, 0.29) is 17.9 Å². The van der Waals surface area contributed by atoms with Gasteiger partial charge in [-0.25, -0.2) is 4.79 Å². The summed E-state index contributed by atoms with van der Waals surface area (Å²) in [5.41, 5.74) is 3.32. The van der Waals surface area contributed by atoms with Crippen LogP contribution in [0.1, 0.15) is 51.9 Å². The fourth-order valence-corrected chi connectivity index (χ4v) is 4.68. The van der Waals surface area contributed by atoms with E-state index in [0.717, 1.165) is 22.4 Å². The summed E-state index contributed by atoms with van der Waals surface area (Å²) in [5, 5.41) is 3.16. The number of ether oxygens (including phenoxy) is 2. The summed E-state index contributed by atoms with van der Waals surface area (Å²) in [6.07, 6.45) is 0.954. The average Bonchev–Trinajstić information content (AvgIpc) is 3.09. The number of rotatable bonds is 9. The lowest BCUT2D eigenvalue weighted by Crippen LogP contribution is -2.15. The number of carbonyl (C=O) groups is 2. The molecule has 0 aliphatic rings. The zero-order valence-corrected chi connectivity index (χ0v) is 20.3. The van der Waals surface area contributed by atoms with Crippen molar-refractivity contribution >= 4 is 28.2 Å². The fourth-order valence-electron chi connectivity index (χ4n) is 3.62. The second-order valence-corrected chi connectivity index (χ2v) is 9.33. The van der Waals surface area contributed by atoms with Crippen molar-refractivity contribution in [2.75, 3.05) is 11.9 Å². The van der Waals surface area contributed by atoms with E-state index in [2.05, 4.69) is 23.9 Å². The van der Waals surface area contributed by atoms with Crippen molar-refractivity contribution in [2.24, 2.45) is 5.92 Å². The van der Waals surface area contributed by atoms with Crippen LogP contribution in [0.25, 0.3) is 11.1 Å². The number of hydrogen-bond acceptors (Lipinski definition) is 5. The lowest BCUT2D eigenvalue weighted by molar-refractivity contribution is -0.0498. The first kappa shape index (κ1) is 25.4. The number of aryl methyl sites for hydroxylation is 1. The Labute approximate surface area is 201 Å². The van der Waals surface area contributed by atoms with Crippen LogP contribution in [0.15, 0.2) is 48.5 Å². The highest BCUT2D eigenvalue weighted by molar-refractivity contribution is 7.17. The maximum absolute atomic E-state index is 12.9. The van der Waals surface area contributed by atoms with Crippen molar-refractivity contribution in [1.82, 2.24) is 0 Å². The van der Waals surface area contributed by atoms with Crippen molar-refractivity contribution in [2.45, 2.75) is 40.7 Å². The highest BCUT2D eigenvalue weighted by Gasteiger charge is 2.26. The van der Waals surface area contributed by atoms with Gasteiger partial charge < -0.3 is 14.8 Å². The van der Waals surface area contributed by atoms with Gasteiger partial charge in [0.05, 0.1) is 6.61 Å². The Hall–Kier alpha value is -3.26. The van der Waals surface area contributed by atoms with Crippen LogP contribution in [0.4, 0.5) is 13.8 Å². The first-order valence-electron chi connectivity index (χ1n) is 11.0. The topological polar surface area (TPSA) is 64.6 Å². The molecule has 0 unspecified atom stereocenters. The van der Waals surface area contributed by atoms with Gasteiger partial charge in [0, 0.05) is 16.0 Å². The molecule has 3 rings (SSSR count). The molecule has 0 aliphatic carbocycles. The quantitative estimate of drug-likeness (QED) is 0.332. The number of amides is 1. The maximum atomic E-state index is 12.9. The normalized spacial score (nSPS) is 11.1. The molecule has 0 saturated heterocycles. The van der Waals surface area contributed by atoms with E-state index in [1.165, 1.54) is 41.2 Å². The highest BCUT2D eigenvalue weighted by Crippen LogP contribution is 2.40. The SMILES string of the molecule is CCOC(=O)c1c(NC(=O)c2ccc(OC(F)F)cc2)sc(C)c1-c1ccc(CC(C)C)cc1. The van der Waals surface area contributed by atoms with Crippen LogP contribution in [-0.4, -0.2) is 25.1 Å². The third-order valence-corrected chi connectivity index (χ3v) is 6.04. The van der Waals surface area contributed by atoms with E-state index in [9.17, 15) is 18.4 Å². The Morgan fingerprint density at radius 3 is 2.24 bits per heavy atom. The summed E-state index contributed by atoms with van der Waals surface area (Å²) >= 11 is 1.28. The van der Waals surface area contributed by atoms with Gasteiger partial charge in [0.1, 0.15) is 16.3 Å². The van der Waals surface area contributed by atoms with Crippen LogP contribution in [0, 0.1) is 12.8 Å². The monoisotopic (exact) mass is 487 g/mol. The molecule has 3 aromatic rings. The van der Waals surface area contributed by atoms with E-state index in [4.69, 9.17) is 4.74 Å². The molecule has 1 N–H and O–H groups in total.